The second kappa shape index (κ2) is 10.7. The number of hydrogen-bond donors (Lipinski definition) is 0. The number of rotatable bonds is 8. The maximum atomic E-state index is 13.4. The van der Waals surface area contributed by atoms with Crippen molar-refractivity contribution >= 4 is 27.6 Å². The zero-order valence-corrected chi connectivity index (χ0v) is 21.0. The van der Waals surface area contributed by atoms with Crippen molar-refractivity contribution in [2.75, 3.05) is 11.5 Å². The van der Waals surface area contributed by atoms with Crippen molar-refractivity contribution in [3.63, 3.8) is 0 Å². The number of esters is 1. The van der Waals surface area contributed by atoms with E-state index >= 15 is 0 Å². The number of hydrogen-bond acceptors (Lipinski definition) is 6. The molecule has 0 amide bonds. The molecular formula is C29H27NO5S. The van der Waals surface area contributed by atoms with Gasteiger partial charge in [-0.3, -0.25) is 0 Å². The first-order valence-corrected chi connectivity index (χ1v) is 13.0. The summed E-state index contributed by atoms with van der Waals surface area (Å²) in [5, 5.41) is 0. The Hall–Kier alpha value is -4.10. The highest BCUT2D eigenvalue weighted by Crippen LogP contribution is 2.39. The molecule has 0 saturated heterocycles. The van der Waals surface area contributed by atoms with Gasteiger partial charge in [-0.05, 0) is 55.3 Å². The molecule has 0 atom stereocenters. The van der Waals surface area contributed by atoms with Gasteiger partial charge in [-0.1, -0.05) is 66.7 Å². The van der Waals surface area contributed by atoms with Gasteiger partial charge in [0.1, 0.15) is 0 Å². The Morgan fingerprint density at radius 3 is 2.39 bits per heavy atom. The Kier molecular flexibility index (Phi) is 7.41. The summed E-state index contributed by atoms with van der Waals surface area (Å²) >= 11 is 0. The summed E-state index contributed by atoms with van der Waals surface area (Å²) in [7, 11) is -4.12. The maximum Gasteiger partial charge on any atom is 0.350 e. The summed E-state index contributed by atoms with van der Waals surface area (Å²) in [6.07, 6.45) is 4.53. The quantitative estimate of drug-likeness (QED) is 0.287. The van der Waals surface area contributed by atoms with E-state index in [4.69, 9.17) is 9.47 Å². The smallest absolute Gasteiger partial charge is 0.350 e. The Bertz CT molecular complexity index is 1440. The van der Waals surface area contributed by atoms with Gasteiger partial charge >= 0.3 is 5.97 Å². The zero-order chi connectivity index (χ0) is 25.7. The van der Waals surface area contributed by atoms with Crippen LogP contribution in [0.15, 0.2) is 107 Å². The van der Waals surface area contributed by atoms with Gasteiger partial charge in [0.15, 0.2) is 10.7 Å². The Morgan fingerprint density at radius 1 is 1.03 bits per heavy atom. The van der Waals surface area contributed by atoms with Crippen molar-refractivity contribution in [2.45, 2.75) is 25.3 Å². The van der Waals surface area contributed by atoms with Crippen LogP contribution in [-0.2, 0) is 25.9 Å². The first-order chi connectivity index (χ1) is 17.3. The first kappa shape index (κ1) is 25.0. The standard InChI is InChI=1S/C29H27NO5S/c1-4-22-12-14-23(15-13-22)20-30-25-8-6-7-9-26(25)35-28(30)19-18-27(29(31)34-5-2)36(32,33)24-16-10-21(3)11-17-24/h4,6-19H,1,5,20H2,2-3H3/b27-18-,28-19-. The number of carbonyl (C=O) groups is 1. The molecule has 0 saturated carbocycles. The van der Waals surface area contributed by atoms with Crippen molar-refractivity contribution in [3.05, 3.63) is 119 Å². The average Bonchev–Trinajstić information content (AvgIpc) is 3.22. The van der Waals surface area contributed by atoms with Crippen molar-refractivity contribution in [3.8, 4) is 5.75 Å². The highest BCUT2D eigenvalue weighted by atomic mass is 32.2. The summed E-state index contributed by atoms with van der Waals surface area (Å²) in [4.78, 5) is 14.2. The van der Waals surface area contributed by atoms with Crippen LogP contribution in [0.1, 0.15) is 23.6 Å². The highest BCUT2D eigenvalue weighted by molar-refractivity contribution is 7.96. The fraction of sp³-hybridized carbons (Fsp3) is 0.138. The fourth-order valence-corrected chi connectivity index (χ4v) is 5.02. The van der Waals surface area contributed by atoms with E-state index in [0.717, 1.165) is 22.4 Å². The van der Waals surface area contributed by atoms with Crippen molar-refractivity contribution in [1.82, 2.24) is 0 Å². The number of benzene rings is 3. The van der Waals surface area contributed by atoms with Gasteiger partial charge in [-0.25, -0.2) is 13.2 Å². The van der Waals surface area contributed by atoms with E-state index in [1.807, 2.05) is 60.4 Å². The van der Waals surface area contributed by atoms with Gasteiger partial charge in [-0.15, -0.1) is 0 Å². The Morgan fingerprint density at radius 2 is 1.72 bits per heavy atom. The molecule has 0 fully saturated rings. The second-order valence-corrected chi connectivity index (χ2v) is 10.1. The molecule has 4 rings (SSSR count). The maximum absolute atomic E-state index is 13.4. The van der Waals surface area contributed by atoms with Gasteiger partial charge in [0.05, 0.1) is 23.7 Å². The van der Waals surface area contributed by atoms with E-state index in [1.165, 1.54) is 24.3 Å². The van der Waals surface area contributed by atoms with Crippen LogP contribution in [0.4, 0.5) is 5.69 Å². The molecule has 0 bridgehead atoms. The summed E-state index contributed by atoms with van der Waals surface area (Å²) in [5.41, 5.74) is 3.78. The van der Waals surface area contributed by atoms with E-state index in [1.54, 1.807) is 25.1 Å². The molecule has 0 aromatic heterocycles. The lowest BCUT2D eigenvalue weighted by molar-refractivity contribution is -0.137. The number of anilines is 1. The summed E-state index contributed by atoms with van der Waals surface area (Å²) in [6, 6.07) is 21.8. The van der Waals surface area contributed by atoms with E-state index in [0.29, 0.717) is 18.2 Å². The van der Waals surface area contributed by atoms with Crippen LogP contribution in [0.5, 0.6) is 5.75 Å². The third kappa shape index (κ3) is 5.26. The molecule has 36 heavy (non-hydrogen) atoms. The van der Waals surface area contributed by atoms with Gasteiger partial charge in [0, 0.05) is 6.08 Å². The summed E-state index contributed by atoms with van der Waals surface area (Å²) in [5.74, 6) is 0.112. The summed E-state index contributed by atoms with van der Waals surface area (Å²) < 4.78 is 37.8. The number of nitrogens with zero attached hydrogens (tertiary/aromatic N) is 1. The largest absolute Gasteiger partial charge is 0.462 e. The minimum atomic E-state index is -4.12. The molecule has 1 aliphatic rings. The molecule has 3 aromatic carbocycles. The van der Waals surface area contributed by atoms with Gasteiger partial charge in [-0.2, -0.15) is 0 Å². The SMILES string of the molecule is C=Cc1ccc(CN2/C(=C/C=C(/C(=O)OCC)S(=O)(=O)c3ccc(C)cc3)Oc3ccccc32)cc1. The predicted molar refractivity (Wildman–Crippen MR) is 141 cm³/mol. The van der Waals surface area contributed by atoms with Gasteiger partial charge in [0.2, 0.25) is 15.7 Å². The number of allylic oxidation sites excluding steroid dienone is 2. The van der Waals surface area contributed by atoms with Crippen LogP contribution >= 0.6 is 0 Å². The van der Waals surface area contributed by atoms with Gasteiger partial charge in [0.25, 0.3) is 0 Å². The molecule has 0 spiro atoms. The van der Waals surface area contributed by atoms with Crippen LogP contribution in [0.2, 0.25) is 0 Å². The number of sulfone groups is 1. The zero-order valence-electron chi connectivity index (χ0n) is 20.2. The van der Waals surface area contributed by atoms with Gasteiger partial charge < -0.3 is 14.4 Å². The molecule has 184 valence electrons. The first-order valence-electron chi connectivity index (χ1n) is 11.5. The molecule has 7 heteroatoms. The number of carbonyl (C=O) groups excluding carboxylic acids is 1. The van der Waals surface area contributed by atoms with Crippen LogP contribution in [-0.4, -0.2) is 21.0 Å². The number of aryl methyl sites for hydroxylation is 1. The Balaban J connectivity index is 1.75. The minimum absolute atomic E-state index is 0.0144. The lowest BCUT2D eigenvalue weighted by Crippen LogP contribution is -2.20. The van der Waals surface area contributed by atoms with Crippen LogP contribution < -0.4 is 9.64 Å². The summed E-state index contributed by atoms with van der Waals surface area (Å²) in [6.45, 7) is 7.80. The molecule has 0 unspecified atom stereocenters. The third-order valence-corrected chi connectivity index (χ3v) is 7.44. The minimum Gasteiger partial charge on any atom is -0.462 e. The molecule has 0 radical (unpaired) electrons. The number of fused-ring (bicyclic) bond motifs is 1. The van der Waals surface area contributed by atoms with E-state index in [9.17, 15) is 13.2 Å². The van der Waals surface area contributed by atoms with Crippen LogP contribution in [0, 0.1) is 6.92 Å². The van der Waals surface area contributed by atoms with Crippen molar-refractivity contribution < 1.29 is 22.7 Å². The number of para-hydroxylation sites is 2. The predicted octanol–water partition coefficient (Wildman–Crippen LogP) is 5.80. The molecule has 0 N–H and O–H groups in total. The van der Waals surface area contributed by atoms with Crippen molar-refractivity contribution in [2.24, 2.45) is 0 Å². The molecular weight excluding hydrogens is 474 g/mol. The molecule has 3 aromatic rings. The monoisotopic (exact) mass is 501 g/mol. The average molecular weight is 502 g/mol. The molecule has 0 aliphatic carbocycles. The van der Waals surface area contributed by atoms with E-state index < -0.39 is 20.7 Å². The lowest BCUT2D eigenvalue weighted by atomic mass is 10.1. The molecule has 1 heterocycles. The van der Waals surface area contributed by atoms with Crippen LogP contribution in [0.25, 0.3) is 6.08 Å². The topological polar surface area (TPSA) is 72.9 Å². The molecule has 1 aliphatic heterocycles. The number of ether oxygens (including phenoxy) is 2. The third-order valence-electron chi connectivity index (χ3n) is 5.67. The normalized spacial score (nSPS) is 14.3. The van der Waals surface area contributed by atoms with Crippen LogP contribution in [0.3, 0.4) is 0 Å². The van der Waals surface area contributed by atoms with Crippen molar-refractivity contribution in [1.29, 1.82) is 0 Å². The highest BCUT2D eigenvalue weighted by Gasteiger charge is 2.30. The second-order valence-electron chi connectivity index (χ2n) is 8.17. The van der Waals surface area contributed by atoms with E-state index in [-0.39, 0.29) is 11.5 Å². The Labute approximate surface area is 211 Å². The fourth-order valence-electron chi connectivity index (χ4n) is 3.74. The lowest BCUT2D eigenvalue weighted by Gasteiger charge is -2.18. The molecule has 6 nitrogen and oxygen atoms in total. The van der Waals surface area contributed by atoms with E-state index in [2.05, 4.69) is 6.58 Å².